The van der Waals surface area contributed by atoms with Gasteiger partial charge in [0.05, 0.1) is 26.4 Å². The Morgan fingerprint density at radius 3 is 2.44 bits per heavy atom. The minimum absolute atomic E-state index is 0.250. The lowest BCUT2D eigenvalue weighted by atomic mass is 10.0. The van der Waals surface area contributed by atoms with Crippen molar-refractivity contribution in [2.24, 2.45) is 0 Å². The Hall–Kier alpha value is -3.05. The molecule has 0 spiro atoms. The number of ether oxygens (including phenoxy) is 3. The summed E-state index contributed by atoms with van der Waals surface area (Å²) in [6.07, 6.45) is 3.21. The maximum Gasteiger partial charge on any atom is 0.359 e. The number of carbonyl (C=O) groups is 1. The molecule has 0 bridgehead atoms. The average Bonchev–Trinajstić information content (AvgIpc) is 2.64. The van der Waals surface area contributed by atoms with Crippen molar-refractivity contribution in [3.63, 3.8) is 0 Å². The lowest BCUT2D eigenvalue weighted by molar-refractivity contribution is -0.00849. The minimum atomic E-state index is -0.526. The average molecular weight is 343 g/mol. The Morgan fingerprint density at radius 2 is 1.88 bits per heavy atom. The van der Waals surface area contributed by atoms with Crippen molar-refractivity contribution in [2.45, 2.75) is 19.9 Å². The van der Waals surface area contributed by atoms with Gasteiger partial charge in [0, 0.05) is 5.56 Å². The lowest BCUT2D eigenvalue weighted by Gasteiger charge is -2.22. The first-order chi connectivity index (χ1) is 12.1. The number of carbonyl (C=O) groups excluding carboxylic acids is 1. The summed E-state index contributed by atoms with van der Waals surface area (Å²) in [5.74, 6) is 1.26. The van der Waals surface area contributed by atoms with E-state index in [1.54, 1.807) is 43.5 Å². The highest BCUT2D eigenvalue weighted by molar-refractivity contribution is 6.05. The number of hydrogen-bond acceptors (Lipinski definition) is 4. The lowest BCUT2D eigenvalue weighted by Crippen LogP contribution is -2.38. The highest BCUT2D eigenvalue weighted by Crippen LogP contribution is 2.19. The first-order valence-corrected chi connectivity index (χ1v) is 7.99. The molecule has 0 fully saturated rings. The Balaban J connectivity index is 2.23. The van der Waals surface area contributed by atoms with Crippen molar-refractivity contribution in [2.75, 3.05) is 20.3 Å². The van der Waals surface area contributed by atoms with Gasteiger partial charge in [0.15, 0.2) is 0 Å². The molecule has 1 aliphatic rings. The molecule has 1 N–H and O–H groups in total. The van der Waals surface area contributed by atoms with Crippen LogP contribution in [-0.4, -0.2) is 42.8 Å². The van der Waals surface area contributed by atoms with E-state index in [1.165, 1.54) is 0 Å². The van der Waals surface area contributed by atoms with Gasteiger partial charge < -0.3 is 25.1 Å². The van der Waals surface area contributed by atoms with E-state index in [1.807, 2.05) is 13.8 Å². The van der Waals surface area contributed by atoms with Crippen molar-refractivity contribution < 1.29 is 23.8 Å². The van der Waals surface area contributed by atoms with E-state index in [0.29, 0.717) is 36.0 Å². The van der Waals surface area contributed by atoms with Crippen LogP contribution in [-0.2, 0) is 9.47 Å². The molecule has 7 heteroatoms. The second kappa shape index (κ2) is 8.70. The number of amides is 1. The number of rotatable bonds is 7. The largest absolute Gasteiger partial charge is 0.497 e. The van der Waals surface area contributed by atoms with Crippen LogP contribution >= 0.6 is 0 Å². The monoisotopic (exact) mass is 343 g/mol. The van der Waals surface area contributed by atoms with Crippen LogP contribution in [0.25, 0.3) is 5.53 Å². The summed E-state index contributed by atoms with van der Waals surface area (Å²) in [5, 5.41) is 2.87. The summed E-state index contributed by atoms with van der Waals surface area (Å²) in [5.41, 5.74) is 9.88. The van der Waals surface area contributed by atoms with E-state index in [2.05, 4.69) is 10.1 Å². The number of benzene rings is 1. The van der Waals surface area contributed by atoms with Gasteiger partial charge >= 0.3 is 5.71 Å². The highest BCUT2D eigenvalue weighted by Gasteiger charge is 2.29. The van der Waals surface area contributed by atoms with Gasteiger partial charge in [-0.25, -0.2) is 0 Å². The summed E-state index contributed by atoms with van der Waals surface area (Å²) >= 11 is 0. The third-order valence-electron chi connectivity index (χ3n) is 3.51. The highest BCUT2D eigenvalue weighted by atomic mass is 16.5. The van der Waals surface area contributed by atoms with E-state index in [4.69, 9.17) is 19.7 Å². The molecule has 0 heterocycles. The van der Waals surface area contributed by atoms with Gasteiger partial charge in [0.1, 0.15) is 17.6 Å². The molecule has 132 valence electrons. The summed E-state index contributed by atoms with van der Waals surface area (Å²) in [4.78, 5) is 15.7. The van der Waals surface area contributed by atoms with E-state index in [-0.39, 0.29) is 11.6 Å². The zero-order chi connectivity index (χ0) is 18.2. The molecule has 1 amide bonds. The smallest absolute Gasteiger partial charge is 0.359 e. The summed E-state index contributed by atoms with van der Waals surface area (Å²) in [7, 11) is 1.57. The van der Waals surface area contributed by atoms with Gasteiger partial charge in [0.25, 0.3) is 5.91 Å². The van der Waals surface area contributed by atoms with E-state index >= 15 is 0 Å². The molecule has 1 unspecified atom stereocenters. The van der Waals surface area contributed by atoms with Crippen molar-refractivity contribution in [3.8, 4) is 5.75 Å². The molecule has 0 aliphatic heterocycles. The Bertz CT molecular complexity index is 731. The molecule has 1 atom stereocenters. The van der Waals surface area contributed by atoms with Crippen molar-refractivity contribution >= 4 is 11.6 Å². The molecule has 0 radical (unpaired) electrons. The van der Waals surface area contributed by atoms with Crippen LogP contribution in [0.5, 0.6) is 5.75 Å². The fraction of sp³-hybridized carbons (Fsp3) is 0.333. The van der Waals surface area contributed by atoms with Crippen LogP contribution in [0.4, 0.5) is 0 Å². The summed E-state index contributed by atoms with van der Waals surface area (Å²) < 4.78 is 16.1. The molecule has 2 rings (SSSR count). The maximum absolute atomic E-state index is 12.5. The zero-order valence-corrected chi connectivity index (χ0v) is 14.5. The molecule has 1 aliphatic carbocycles. The topological polar surface area (TPSA) is 93.2 Å². The summed E-state index contributed by atoms with van der Waals surface area (Å²) in [6.45, 7) is 4.47. The number of nitrogens with zero attached hydrogens (tertiary/aromatic N) is 2. The van der Waals surface area contributed by atoms with E-state index in [0.717, 1.165) is 0 Å². The second-order valence-electron chi connectivity index (χ2n) is 5.11. The molecular formula is C18H21N3O4. The Kier molecular flexibility index (Phi) is 6.37. The predicted octanol–water partition coefficient (Wildman–Crippen LogP) is 2.32. The molecule has 1 aromatic carbocycles. The van der Waals surface area contributed by atoms with Gasteiger partial charge in [-0.05, 0) is 44.2 Å². The first-order valence-electron chi connectivity index (χ1n) is 7.99. The zero-order valence-electron chi connectivity index (χ0n) is 14.5. The first kappa shape index (κ1) is 18.3. The van der Waals surface area contributed by atoms with Crippen LogP contribution in [0, 0.1) is 0 Å². The number of nitrogens with one attached hydrogen (secondary N) is 1. The third kappa shape index (κ3) is 4.49. The van der Waals surface area contributed by atoms with E-state index < -0.39 is 6.04 Å². The minimum Gasteiger partial charge on any atom is -0.497 e. The van der Waals surface area contributed by atoms with Crippen LogP contribution < -0.4 is 10.1 Å². The summed E-state index contributed by atoms with van der Waals surface area (Å²) in [6, 6.07) is 6.26. The third-order valence-corrected chi connectivity index (χ3v) is 3.51. The van der Waals surface area contributed by atoms with Gasteiger partial charge in [-0.3, -0.25) is 4.79 Å². The maximum atomic E-state index is 12.5. The molecule has 0 aromatic heterocycles. The fourth-order valence-electron chi connectivity index (χ4n) is 2.35. The van der Waals surface area contributed by atoms with Crippen LogP contribution in [0.2, 0.25) is 0 Å². The van der Waals surface area contributed by atoms with Crippen LogP contribution in [0.1, 0.15) is 24.2 Å². The molecule has 7 nitrogen and oxygen atoms in total. The van der Waals surface area contributed by atoms with Crippen molar-refractivity contribution in [3.05, 3.63) is 59.0 Å². The SMILES string of the molecule is CCOC1=CC(NC(=O)c2ccc(OC)cc2)C(OCC)=CC1=[N+]=[N-]. The molecule has 25 heavy (non-hydrogen) atoms. The number of methoxy groups -OCH3 is 1. The van der Waals surface area contributed by atoms with Crippen LogP contribution in [0.3, 0.4) is 0 Å². The van der Waals surface area contributed by atoms with E-state index in [9.17, 15) is 4.79 Å². The quantitative estimate of drug-likeness (QED) is 0.607. The fourth-order valence-corrected chi connectivity index (χ4v) is 2.35. The molecule has 0 saturated heterocycles. The Morgan fingerprint density at radius 1 is 1.20 bits per heavy atom. The van der Waals surface area contributed by atoms with Gasteiger partial charge in [0.2, 0.25) is 5.76 Å². The Labute approximate surface area is 146 Å². The van der Waals surface area contributed by atoms with Gasteiger partial charge in [-0.1, -0.05) is 0 Å². The second-order valence-corrected chi connectivity index (χ2v) is 5.11. The standard InChI is InChI=1S/C18H21N3O4/c1-4-24-16-11-15(21-19)17(25-5-2)10-14(16)20-18(22)12-6-8-13(23-3)9-7-12/h6-11,14H,4-5H2,1-3H3,(H,20,22). The van der Waals surface area contributed by atoms with Crippen molar-refractivity contribution in [1.82, 2.24) is 5.32 Å². The van der Waals surface area contributed by atoms with Crippen LogP contribution in [0.15, 0.2) is 47.9 Å². The van der Waals surface area contributed by atoms with Crippen molar-refractivity contribution in [1.29, 1.82) is 0 Å². The molecule has 0 saturated carbocycles. The normalized spacial score (nSPS) is 16.3. The number of hydrogen-bond donors (Lipinski definition) is 1. The van der Waals surface area contributed by atoms with Gasteiger partial charge in [-0.15, -0.1) is 0 Å². The van der Waals surface area contributed by atoms with Gasteiger partial charge in [-0.2, -0.15) is 4.79 Å². The predicted molar refractivity (Wildman–Crippen MR) is 92.3 cm³/mol. The molecular weight excluding hydrogens is 322 g/mol. The molecule has 1 aromatic rings. The number of allylic oxidation sites excluding steroid dienone is 1.